The third-order valence-corrected chi connectivity index (χ3v) is 4.69. The highest BCUT2D eigenvalue weighted by Crippen LogP contribution is 2.37. The number of halogens is 1. The summed E-state index contributed by atoms with van der Waals surface area (Å²) < 4.78 is 23.9. The SMILES string of the molecule is COC1(CNC2CC(c3ccc(F)cc3)C2)CCOC1. The molecular formula is C16H22FNO2. The number of ether oxygens (including phenoxy) is 2. The van der Waals surface area contributed by atoms with Crippen molar-refractivity contribution in [3.63, 3.8) is 0 Å². The fourth-order valence-electron chi connectivity index (χ4n) is 3.08. The highest BCUT2D eigenvalue weighted by Gasteiger charge is 2.37. The van der Waals surface area contributed by atoms with E-state index >= 15 is 0 Å². The molecule has 4 heteroatoms. The van der Waals surface area contributed by atoms with Crippen LogP contribution in [0.4, 0.5) is 4.39 Å². The lowest BCUT2D eigenvalue weighted by atomic mass is 9.75. The minimum Gasteiger partial charge on any atom is -0.378 e. The van der Waals surface area contributed by atoms with Crippen LogP contribution in [-0.2, 0) is 9.47 Å². The fraction of sp³-hybridized carbons (Fsp3) is 0.625. The van der Waals surface area contributed by atoms with E-state index in [1.54, 1.807) is 19.2 Å². The molecular weight excluding hydrogens is 257 g/mol. The monoisotopic (exact) mass is 279 g/mol. The molecule has 1 aliphatic heterocycles. The lowest BCUT2D eigenvalue weighted by Gasteiger charge is -2.38. The first-order valence-electron chi connectivity index (χ1n) is 7.32. The maximum atomic E-state index is 12.9. The summed E-state index contributed by atoms with van der Waals surface area (Å²) in [7, 11) is 1.76. The largest absolute Gasteiger partial charge is 0.378 e. The molecule has 0 aromatic heterocycles. The normalized spacial score (nSPS) is 33.1. The standard InChI is InChI=1S/C16H22FNO2/c1-19-16(6-7-20-11-16)10-18-15-8-13(9-15)12-2-4-14(17)5-3-12/h2-5,13,15,18H,6-11H2,1H3. The van der Waals surface area contributed by atoms with Gasteiger partial charge < -0.3 is 14.8 Å². The van der Waals surface area contributed by atoms with Gasteiger partial charge >= 0.3 is 0 Å². The van der Waals surface area contributed by atoms with Crippen LogP contribution in [0.5, 0.6) is 0 Å². The highest BCUT2D eigenvalue weighted by atomic mass is 19.1. The predicted molar refractivity (Wildman–Crippen MR) is 75.3 cm³/mol. The molecule has 1 aromatic rings. The van der Waals surface area contributed by atoms with Crippen LogP contribution in [-0.4, -0.2) is 38.5 Å². The summed E-state index contributed by atoms with van der Waals surface area (Å²) in [5.41, 5.74) is 1.11. The van der Waals surface area contributed by atoms with Gasteiger partial charge in [-0.2, -0.15) is 0 Å². The summed E-state index contributed by atoms with van der Waals surface area (Å²) in [6.07, 6.45) is 3.20. The first-order chi connectivity index (χ1) is 9.71. The lowest BCUT2D eigenvalue weighted by Crippen LogP contribution is -2.49. The summed E-state index contributed by atoms with van der Waals surface area (Å²) in [5, 5.41) is 3.58. The smallest absolute Gasteiger partial charge is 0.123 e. The molecule has 0 amide bonds. The fourth-order valence-corrected chi connectivity index (χ4v) is 3.08. The van der Waals surface area contributed by atoms with E-state index in [4.69, 9.17) is 9.47 Å². The second-order valence-electron chi connectivity index (χ2n) is 5.99. The van der Waals surface area contributed by atoms with Crippen molar-refractivity contribution in [3.8, 4) is 0 Å². The maximum Gasteiger partial charge on any atom is 0.123 e. The molecule has 1 heterocycles. The van der Waals surface area contributed by atoms with Gasteiger partial charge in [0.2, 0.25) is 0 Å². The molecule has 110 valence electrons. The van der Waals surface area contributed by atoms with E-state index in [0.29, 0.717) is 18.6 Å². The van der Waals surface area contributed by atoms with Crippen molar-refractivity contribution in [1.82, 2.24) is 5.32 Å². The van der Waals surface area contributed by atoms with E-state index in [2.05, 4.69) is 5.32 Å². The molecule has 0 spiro atoms. The number of hydrogen-bond donors (Lipinski definition) is 1. The van der Waals surface area contributed by atoms with Crippen molar-refractivity contribution in [3.05, 3.63) is 35.6 Å². The molecule has 1 N–H and O–H groups in total. The summed E-state index contributed by atoms with van der Waals surface area (Å²) in [4.78, 5) is 0. The minimum atomic E-state index is -0.161. The van der Waals surface area contributed by atoms with Crippen LogP contribution in [0.25, 0.3) is 0 Å². The number of benzene rings is 1. The van der Waals surface area contributed by atoms with Crippen molar-refractivity contribution in [2.75, 3.05) is 26.9 Å². The quantitative estimate of drug-likeness (QED) is 0.898. The number of hydrogen-bond acceptors (Lipinski definition) is 3. The Morgan fingerprint density at radius 1 is 1.35 bits per heavy atom. The second kappa shape index (κ2) is 5.80. The van der Waals surface area contributed by atoms with E-state index in [-0.39, 0.29) is 11.4 Å². The Bertz CT molecular complexity index is 436. The van der Waals surface area contributed by atoms with Crippen LogP contribution in [0, 0.1) is 5.82 Å². The van der Waals surface area contributed by atoms with Gasteiger partial charge in [-0.1, -0.05) is 12.1 Å². The Hall–Kier alpha value is -0.970. The van der Waals surface area contributed by atoms with Gasteiger partial charge in [-0.15, -0.1) is 0 Å². The molecule has 3 rings (SSSR count). The Morgan fingerprint density at radius 3 is 2.70 bits per heavy atom. The van der Waals surface area contributed by atoms with Gasteiger partial charge in [-0.3, -0.25) is 0 Å². The molecule has 20 heavy (non-hydrogen) atoms. The van der Waals surface area contributed by atoms with E-state index in [1.807, 2.05) is 12.1 Å². The van der Waals surface area contributed by atoms with Gasteiger partial charge in [0.15, 0.2) is 0 Å². The van der Waals surface area contributed by atoms with Gasteiger partial charge in [0, 0.05) is 32.7 Å². The van der Waals surface area contributed by atoms with Gasteiger partial charge in [-0.25, -0.2) is 4.39 Å². The average Bonchev–Trinajstić information content (AvgIpc) is 2.88. The van der Waals surface area contributed by atoms with Crippen molar-refractivity contribution in [2.45, 2.75) is 36.8 Å². The number of nitrogens with one attached hydrogen (secondary N) is 1. The summed E-state index contributed by atoms with van der Waals surface area (Å²) in [6.45, 7) is 2.33. The Kier molecular flexibility index (Phi) is 4.06. The van der Waals surface area contributed by atoms with Gasteiger partial charge in [0.25, 0.3) is 0 Å². The first-order valence-corrected chi connectivity index (χ1v) is 7.32. The zero-order valence-electron chi connectivity index (χ0n) is 11.9. The van der Waals surface area contributed by atoms with Crippen molar-refractivity contribution in [1.29, 1.82) is 0 Å². The lowest BCUT2D eigenvalue weighted by molar-refractivity contribution is -0.0196. The Morgan fingerprint density at radius 2 is 2.10 bits per heavy atom. The van der Waals surface area contributed by atoms with E-state index < -0.39 is 0 Å². The number of rotatable bonds is 5. The van der Waals surface area contributed by atoms with E-state index in [1.165, 1.54) is 5.56 Å². The van der Waals surface area contributed by atoms with Gasteiger partial charge in [0.05, 0.1) is 6.61 Å². The van der Waals surface area contributed by atoms with Gasteiger partial charge in [0.1, 0.15) is 11.4 Å². The van der Waals surface area contributed by atoms with Crippen LogP contribution in [0.1, 0.15) is 30.7 Å². The van der Waals surface area contributed by atoms with E-state index in [9.17, 15) is 4.39 Å². The second-order valence-corrected chi connectivity index (χ2v) is 5.99. The third-order valence-electron chi connectivity index (χ3n) is 4.69. The van der Waals surface area contributed by atoms with Gasteiger partial charge in [-0.05, 0) is 36.5 Å². The molecule has 1 aromatic carbocycles. The zero-order chi connectivity index (χ0) is 14.0. The topological polar surface area (TPSA) is 30.5 Å². The van der Waals surface area contributed by atoms with Crippen LogP contribution in [0.2, 0.25) is 0 Å². The molecule has 1 atom stereocenters. The molecule has 1 unspecified atom stereocenters. The maximum absolute atomic E-state index is 12.9. The van der Waals surface area contributed by atoms with Crippen LogP contribution >= 0.6 is 0 Å². The summed E-state index contributed by atoms with van der Waals surface area (Å²) >= 11 is 0. The average molecular weight is 279 g/mol. The Labute approximate surface area is 119 Å². The predicted octanol–water partition coefficient (Wildman–Crippen LogP) is 2.47. The summed E-state index contributed by atoms with van der Waals surface area (Å²) in [5.74, 6) is 0.400. The third kappa shape index (κ3) is 2.87. The molecule has 2 aliphatic rings. The minimum absolute atomic E-state index is 0.138. The molecule has 1 aliphatic carbocycles. The molecule has 2 fully saturated rings. The van der Waals surface area contributed by atoms with Crippen molar-refractivity contribution >= 4 is 0 Å². The van der Waals surface area contributed by atoms with Crippen LogP contribution < -0.4 is 5.32 Å². The Balaban J connectivity index is 1.45. The molecule has 1 saturated heterocycles. The number of methoxy groups -OCH3 is 1. The van der Waals surface area contributed by atoms with E-state index in [0.717, 1.165) is 32.4 Å². The zero-order valence-corrected chi connectivity index (χ0v) is 11.9. The first kappa shape index (κ1) is 14.0. The van der Waals surface area contributed by atoms with Crippen molar-refractivity contribution in [2.24, 2.45) is 0 Å². The van der Waals surface area contributed by atoms with Crippen LogP contribution in [0.3, 0.4) is 0 Å². The van der Waals surface area contributed by atoms with Crippen molar-refractivity contribution < 1.29 is 13.9 Å². The molecule has 0 radical (unpaired) electrons. The summed E-state index contributed by atoms with van der Waals surface area (Å²) in [6, 6.07) is 7.44. The molecule has 1 saturated carbocycles. The molecule has 0 bridgehead atoms. The van der Waals surface area contributed by atoms with Crippen LogP contribution in [0.15, 0.2) is 24.3 Å². The highest BCUT2D eigenvalue weighted by molar-refractivity contribution is 5.23. The molecule has 3 nitrogen and oxygen atoms in total.